The molecule has 2 aromatic rings. The SMILES string of the molecule is CCCOc1cncc(C(NCC)c2ccccc2)c1. The van der Waals surface area contributed by atoms with Crippen molar-refractivity contribution < 1.29 is 4.74 Å². The molecule has 2 rings (SSSR count). The summed E-state index contributed by atoms with van der Waals surface area (Å²) in [6.07, 6.45) is 4.67. The fourth-order valence-corrected chi connectivity index (χ4v) is 2.17. The molecule has 0 saturated carbocycles. The van der Waals surface area contributed by atoms with Gasteiger partial charge in [0.1, 0.15) is 5.75 Å². The van der Waals surface area contributed by atoms with Gasteiger partial charge in [-0.25, -0.2) is 0 Å². The molecule has 0 amide bonds. The maximum atomic E-state index is 5.67. The quantitative estimate of drug-likeness (QED) is 0.835. The predicted molar refractivity (Wildman–Crippen MR) is 82.0 cm³/mol. The van der Waals surface area contributed by atoms with Crippen LogP contribution < -0.4 is 10.1 Å². The smallest absolute Gasteiger partial charge is 0.137 e. The molecular weight excluding hydrogens is 248 g/mol. The third kappa shape index (κ3) is 3.81. The van der Waals surface area contributed by atoms with E-state index in [4.69, 9.17) is 4.74 Å². The van der Waals surface area contributed by atoms with Gasteiger partial charge in [0, 0.05) is 6.20 Å². The van der Waals surface area contributed by atoms with Gasteiger partial charge in [-0.1, -0.05) is 44.2 Å². The summed E-state index contributed by atoms with van der Waals surface area (Å²) in [6.45, 7) is 5.84. The third-order valence-corrected chi connectivity index (χ3v) is 3.08. The van der Waals surface area contributed by atoms with Gasteiger partial charge in [0.05, 0.1) is 18.8 Å². The van der Waals surface area contributed by atoms with Crippen LogP contribution in [0.2, 0.25) is 0 Å². The number of hydrogen-bond donors (Lipinski definition) is 1. The number of pyridine rings is 1. The fourth-order valence-electron chi connectivity index (χ4n) is 2.17. The van der Waals surface area contributed by atoms with Crippen LogP contribution in [0.5, 0.6) is 5.75 Å². The van der Waals surface area contributed by atoms with Gasteiger partial charge in [0.2, 0.25) is 0 Å². The summed E-state index contributed by atoms with van der Waals surface area (Å²) in [5.74, 6) is 0.836. The Morgan fingerprint density at radius 1 is 1.10 bits per heavy atom. The average molecular weight is 270 g/mol. The minimum atomic E-state index is 0.152. The Balaban J connectivity index is 2.25. The lowest BCUT2D eigenvalue weighted by molar-refractivity contribution is 0.315. The Hall–Kier alpha value is -1.87. The van der Waals surface area contributed by atoms with E-state index in [1.165, 1.54) is 5.56 Å². The van der Waals surface area contributed by atoms with Crippen LogP contribution in [0.15, 0.2) is 48.8 Å². The van der Waals surface area contributed by atoms with Crippen LogP contribution in [0.3, 0.4) is 0 Å². The second kappa shape index (κ2) is 7.65. The van der Waals surface area contributed by atoms with Crippen LogP contribution in [-0.2, 0) is 0 Å². The molecule has 0 bridgehead atoms. The van der Waals surface area contributed by atoms with E-state index in [0.29, 0.717) is 0 Å². The highest BCUT2D eigenvalue weighted by Gasteiger charge is 2.13. The monoisotopic (exact) mass is 270 g/mol. The molecule has 1 aromatic carbocycles. The molecule has 0 radical (unpaired) electrons. The lowest BCUT2D eigenvalue weighted by atomic mass is 10.00. The fraction of sp³-hybridized carbons (Fsp3) is 0.353. The van der Waals surface area contributed by atoms with Gasteiger partial charge in [-0.05, 0) is 30.2 Å². The first kappa shape index (κ1) is 14.5. The highest BCUT2D eigenvalue weighted by molar-refractivity contribution is 5.34. The number of benzene rings is 1. The Bertz CT molecular complexity index is 513. The summed E-state index contributed by atoms with van der Waals surface area (Å²) in [5, 5.41) is 3.50. The molecule has 0 aliphatic carbocycles. The van der Waals surface area contributed by atoms with E-state index in [2.05, 4.69) is 54.5 Å². The van der Waals surface area contributed by atoms with Crippen molar-refractivity contribution in [2.75, 3.05) is 13.2 Å². The summed E-state index contributed by atoms with van der Waals surface area (Å²) in [5.41, 5.74) is 2.37. The van der Waals surface area contributed by atoms with Gasteiger partial charge in [0.15, 0.2) is 0 Å². The maximum Gasteiger partial charge on any atom is 0.137 e. The van der Waals surface area contributed by atoms with Gasteiger partial charge < -0.3 is 10.1 Å². The molecule has 106 valence electrons. The molecule has 1 unspecified atom stereocenters. The molecule has 0 spiro atoms. The van der Waals surface area contributed by atoms with Crippen LogP contribution in [-0.4, -0.2) is 18.1 Å². The van der Waals surface area contributed by atoms with Crippen molar-refractivity contribution in [2.24, 2.45) is 0 Å². The van der Waals surface area contributed by atoms with Crippen LogP contribution >= 0.6 is 0 Å². The summed E-state index contributed by atoms with van der Waals surface area (Å²) < 4.78 is 5.67. The number of aromatic nitrogens is 1. The van der Waals surface area contributed by atoms with E-state index in [-0.39, 0.29) is 6.04 Å². The largest absolute Gasteiger partial charge is 0.492 e. The van der Waals surface area contributed by atoms with E-state index >= 15 is 0 Å². The summed E-state index contributed by atoms with van der Waals surface area (Å²) in [7, 11) is 0. The van der Waals surface area contributed by atoms with Crippen molar-refractivity contribution >= 4 is 0 Å². The van der Waals surface area contributed by atoms with Crippen LogP contribution in [0, 0.1) is 0 Å². The molecule has 1 atom stereocenters. The molecule has 3 heteroatoms. The Kier molecular flexibility index (Phi) is 5.56. The zero-order valence-corrected chi connectivity index (χ0v) is 12.2. The van der Waals surface area contributed by atoms with Crippen molar-refractivity contribution in [3.8, 4) is 5.75 Å². The molecule has 3 nitrogen and oxygen atoms in total. The number of ether oxygens (including phenoxy) is 1. The second-order valence-electron chi connectivity index (χ2n) is 4.70. The maximum absolute atomic E-state index is 5.67. The minimum absolute atomic E-state index is 0.152. The Labute approximate surface area is 121 Å². The van der Waals surface area contributed by atoms with Crippen LogP contribution in [0.4, 0.5) is 0 Å². The van der Waals surface area contributed by atoms with E-state index in [1.807, 2.05) is 12.3 Å². The predicted octanol–water partition coefficient (Wildman–Crippen LogP) is 3.57. The molecule has 1 aromatic heterocycles. The summed E-state index contributed by atoms with van der Waals surface area (Å²) in [4.78, 5) is 4.30. The summed E-state index contributed by atoms with van der Waals surface area (Å²) in [6, 6.07) is 12.6. The van der Waals surface area contributed by atoms with Gasteiger partial charge in [-0.3, -0.25) is 4.98 Å². The minimum Gasteiger partial charge on any atom is -0.492 e. The zero-order chi connectivity index (χ0) is 14.2. The van der Waals surface area contributed by atoms with Crippen molar-refractivity contribution in [3.05, 3.63) is 59.9 Å². The second-order valence-corrected chi connectivity index (χ2v) is 4.70. The van der Waals surface area contributed by atoms with Gasteiger partial charge >= 0.3 is 0 Å². The lowest BCUT2D eigenvalue weighted by Crippen LogP contribution is -2.22. The summed E-state index contributed by atoms with van der Waals surface area (Å²) >= 11 is 0. The van der Waals surface area contributed by atoms with E-state index in [9.17, 15) is 0 Å². The van der Waals surface area contributed by atoms with E-state index in [0.717, 1.165) is 30.9 Å². The number of nitrogens with one attached hydrogen (secondary N) is 1. The molecule has 1 heterocycles. The van der Waals surface area contributed by atoms with Gasteiger partial charge in [-0.2, -0.15) is 0 Å². The van der Waals surface area contributed by atoms with Gasteiger partial charge in [-0.15, -0.1) is 0 Å². The molecule has 0 aliphatic rings. The van der Waals surface area contributed by atoms with Crippen molar-refractivity contribution in [1.82, 2.24) is 10.3 Å². The third-order valence-electron chi connectivity index (χ3n) is 3.08. The molecule has 1 N–H and O–H groups in total. The highest BCUT2D eigenvalue weighted by atomic mass is 16.5. The van der Waals surface area contributed by atoms with Crippen LogP contribution in [0.1, 0.15) is 37.4 Å². The highest BCUT2D eigenvalue weighted by Crippen LogP contribution is 2.24. The number of nitrogens with zero attached hydrogens (tertiary/aromatic N) is 1. The average Bonchev–Trinajstić information content (AvgIpc) is 2.52. The Morgan fingerprint density at radius 3 is 2.60 bits per heavy atom. The normalized spacial score (nSPS) is 12.1. The molecule has 0 fully saturated rings. The number of hydrogen-bond acceptors (Lipinski definition) is 3. The van der Waals surface area contributed by atoms with Gasteiger partial charge in [0.25, 0.3) is 0 Å². The standard InChI is InChI=1S/C17H22N2O/c1-3-10-20-16-11-15(12-18-13-16)17(19-4-2)14-8-6-5-7-9-14/h5-9,11-13,17,19H,3-4,10H2,1-2H3. The topological polar surface area (TPSA) is 34.1 Å². The first-order chi connectivity index (χ1) is 9.85. The first-order valence-electron chi connectivity index (χ1n) is 7.21. The van der Waals surface area contributed by atoms with Crippen molar-refractivity contribution in [2.45, 2.75) is 26.3 Å². The lowest BCUT2D eigenvalue weighted by Gasteiger charge is -2.19. The number of rotatable bonds is 7. The molecular formula is C17H22N2O. The molecule has 0 aliphatic heterocycles. The zero-order valence-electron chi connectivity index (χ0n) is 12.2. The Morgan fingerprint density at radius 2 is 1.90 bits per heavy atom. The van der Waals surface area contributed by atoms with Crippen molar-refractivity contribution in [3.63, 3.8) is 0 Å². The van der Waals surface area contributed by atoms with E-state index in [1.54, 1.807) is 6.20 Å². The molecule has 0 saturated heterocycles. The first-order valence-corrected chi connectivity index (χ1v) is 7.21. The molecule has 20 heavy (non-hydrogen) atoms. The van der Waals surface area contributed by atoms with Crippen LogP contribution in [0.25, 0.3) is 0 Å². The van der Waals surface area contributed by atoms with Crippen molar-refractivity contribution in [1.29, 1.82) is 0 Å². The van der Waals surface area contributed by atoms with E-state index < -0.39 is 0 Å².